The Morgan fingerprint density at radius 2 is 1.71 bits per heavy atom. The lowest BCUT2D eigenvalue weighted by Crippen LogP contribution is -2.13. The zero-order chi connectivity index (χ0) is 15.2. The second kappa shape index (κ2) is 7.31. The SMILES string of the molecule is O=C(Nc1ccc(OCCO)cc1)c1c(Cl)cccc1Cl. The molecule has 21 heavy (non-hydrogen) atoms. The van der Waals surface area contributed by atoms with Crippen LogP contribution >= 0.6 is 23.2 Å². The summed E-state index contributed by atoms with van der Waals surface area (Å²) in [7, 11) is 0. The van der Waals surface area contributed by atoms with Crippen LogP contribution in [-0.4, -0.2) is 24.2 Å². The summed E-state index contributed by atoms with van der Waals surface area (Å²) in [5.74, 6) is 0.229. The van der Waals surface area contributed by atoms with Crippen molar-refractivity contribution in [2.45, 2.75) is 0 Å². The molecule has 0 aromatic heterocycles. The van der Waals surface area contributed by atoms with Gasteiger partial charge in [-0.25, -0.2) is 0 Å². The number of anilines is 1. The summed E-state index contributed by atoms with van der Waals surface area (Å²) in [5.41, 5.74) is 0.828. The van der Waals surface area contributed by atoms with Crippen LogP contribution in [0.1, 0.15) is 10.4 Å². The van der Waals surface area contributed by atoms with Crippen LogP contribution in [0.15, 0.2) is 42.5 Å². The summed E-state index contributed by atoms with van der Waals surface area (Å²) in [4.78, 5) is 12.2. The van der Waals surface area contributed by atoms with Crippen LogP contribution in [0.2, 0.25) is 10.0 Å². The molecule has 0 heterocycles. The van der Waals surface area contributed by atoms with Crippen molar-refractivity contribution in [1.29, 1.82) is 0 Å². The smallest absolute Gasteiger partial charge is 0.258 e. The van der Waals surface area contributed by atoms with E-state index in [1.807, 2.05) is 0 Å². The van der Waals surface area contributed by atoms with Gasteiger partial charge >= 0.3 is 0 Å². The monoisotopic (exact) mass is 325 g/mol. The number of rotatable bonds is 5. The fraction of sp³-hybridized carbons (Fsp3) is 0.133. The molecule has 0 atom stereocenters. The molecule has 0 saturated carbocycles. The van der Waals surface area contributed by atoms with Gasteiger partial charge in [0.2, 0.25) is 0 Å². The van der Waals surface area contributed by atoms with Crippen LogP contribution in [-0.2, 0) is 0 Å². The zero-order valence-electron chi connectivity index (χ0n) is 11.0. The number of carbonyl (C=O) groups excluding carboxylic acids is 1. The highest BCUT2D eigenvalue weighted by Crippen LogP contribution is 2.25. The summed E-state index contributed by atoms with van der Waals surface area (Å²) in [5, 5.41) is 12.0. The van der Waals surface area contributed by atoms with E-state index in [0.29, 0.717) is 21.5 Å². The van der Waals surface area contributed by atoms with E-state index in [9.17, 15) is 4.79 Å². The third-order valence-electron chi connectivity index (χ3n) is 2.66. The number of benzene rings is 2. The van der Waals surface area contributed by atoms with E-state index >= 15 is 0 Å². The van der Waals surface area contributed by atoms with Crippen molar-refractivity contribution in [3.05, 3.63) is 58.1 Å². The Labute approximate surface area is 132 Å². The third-order valence-corrected chi connectivity index (χ3v) is 3.29. The molecule has 4 nitrogen and oxygen atoms in total. The fourth-order valence-corrected chi connectivity index (χ4v) is 2.28. The topological polar surface area (TPSA) is 58.6 Å². The van der Waals surface area contributed by atoms with Crippen LogP contribution < -0.4 is 10.1 Å². The maximum absolute atomic E-state index is 12.2. The van der Waals surface area contributed by atoms with Gasteiger partial charge in [0.1, 0.15) is 12.4 Å². The van der Waals surface area contributed by atoms with E-state index in [4.69, 9.17) is 33.0 Å². The van der Waals surface area contributed by atoms with Crippen molar-refractivity contribution in [3.8, 4) is 5.75 Å². The average molecular weight is 326 g/mol. The van der Waals surface area contributed by atoms with E-state index in [1.165, 1.54) is 0 Å². The predicted octanol–water partition coefficient (Wildman–Crippen LogP) is 3.62. The number of carbonyl (C=O) groups is 1. The van der Waals surface area contributed by atoms with Gasteiger partial charge in [-0.3, -0.25) is 4.79 Å². The molecular formula is C15H13Cl2NO3. The van der Waals surface area contributed by atoms with Gasteiger partial charge in [-0.1, -0.05) is 29.3 Å². The second-order valence-electron chi connectivity index (χ2n) is 4.15. The molecule has 110 valence electrons. The Kier molecular flexibility index (Phi) is 5.44. The van der Waals surface area contributed by atoms with Crippen molar-refractivity contribution in [2.75, 3.05) is 18.5 Å². The molecule has 0 aliphatic rings. The van der Waals surface area contributed by atoms with Crippen LogP contribution in [0.3, 0.4) is 0 Å². The van der Waals surface area contributed by atoms with E-state index in [-0.39, 0.29) is 24.7 Å². The van der Waals surface area contributed by atoms with Gasteiger partial charge in [0.25, 0.3) is 5.91 Å². The zero-order valence-corrected chi connectivity index (χ0v) is 12.5. The third kappa shape index (κ3) is 4.11. The van der Waals surface area contributed by atoms with Crippen LogP contribution in [0.5, 0.6) is 5.75 Å². The molecule has 2 rings (SSSR count). The number of aliphatic hydroxyl groups is 1. The number of amides is 1. The molecule has 0 radical (unpaired) electrons. The lowest BCUT2D eigenvalue weighted by atomic mass is 10.2. The molecule has 2 N–H and O–H groups in total. The first-order valence-electron chi connectivity index (χ1n) is 6.21. The number of nitrogens with one attached hydrogen (secondary N) is 1. The summed E-state index contributed by atoms with van der Waals surface area (Å²) in [6.07, 6.45) is 0. The minimum Gasteiger partial charge on any atom is -0.491 e. The highest BCUT2D eigenvalue weighted by Gasteiger charge is 2.14. The quantitative estimate of drug-likeness (QED) is 0.882. The lowest BCUT2D eigenvalue weighted by Gasteiger charge is -2.09. The summed E-state index contributed by atoms with van der Waals surface area (Å²) in [6.45, 7) is 0.171. The first-order chi connectivity index (χ1) is 10.1. The maximum Gasteiger partial charge on any atom is 0.258 e. The molecule has 1 amide bonds. The first-order valence-corrected chi connectivity index (χ1v) is 6.96. The van der Waals surface area contributed by atoms with Crippen LogP contribution in [0.4, 0.5) is 5.69 Å². The number of aliphatic hydroxyl groups excluding tert-OH is 1. The van der Waals surface area contributed by atoms with Crippen molar-refractivity contribution in [3.63, 3.8) is 0 Å². The standard InChI is InChI=1S/C15H13Cl2NO3/c16-12-2-1-3-13(17)14(12)15(20)18-10-4-6-11(7-5-10)21-9-8-19/h1-7,19H,8-9H2,(H,18,20). The highest BCUT2D eigenvalue weighted by atomic mass is 35.5. The van der Waals surface area contributed by atoms with Gasteiger partial charge in [-0.15, -0.1) is 0 Å². The van der Waals surface area contributed by atoms with Crippen LogP contribution in [0.25, 0.3) is 0 Å². The van der Waals surface area contributed by atoms with Gasteiger partial charge in [-0.2, -0.15) is 0 Å². The minimum absolute atomic E-state index is 0.0521. The summed E-state index contributed by atoms with van der Waals surface area (Å²) < 4.78 is 5.23. The van der Waals surface area contributed by atoms with Gasteiger partial charge in [0.05, 0.1) is 22.2 Å². The van der Waals surface area contributed by atoms with Crippen LogP contribution in [0, 0.1) is 0 Å². The Bertz CT molecular complexity index is 609. The Morgan fingerprint density at radius 1 is 1.10 bits per heavy atom. The first kappa shape index (κ1) is 15.6. The molecule has 6 heteroatoms. The van der Waals surface area contributed by atoms with Gasteiger partial charge in [0, 0.05) is 5.69 Å². The van der Waals surface area contributed by atoms with E-state index in [2.05, 4.69) is 5.32 Å². The molecule has 0 bridgehead atoms. The number of ether oxygens (including phenoxy) is 1. The highest BCUT2D eigenvalue weighted by molar-refractivity contribution is 6.40. The molecule has 0 unspecified atom stereocenters. The Hall–Kier alpha value is -1.75. The fourth-order valence-electron chi connectivity index (χ4n) is 1.71. The maximum atomic E-state index is 12.2. The molecule has 2 aromatic carbocycles. The molecule has 0 fully saturated rings. The minimum atomic E-state index is -0.380. The molecule has 0 aliphatic carbocycles. The van der Waals surface area contributed by atoms with Gasteiger partial charge < -0.3 is 15.2 Å². The Morgan fingerprint density at radius 3 is 2.29 bits per heavy atom. The van der Waals surface area contributed by atoms with E-state index in [1.54, 1.807) is 42.5 Å². The predicted molar refractivity (Wildman–Crippen MR) is 83.4 cm³/mol. The van der Waals surface area contributed by atoms with E-state index < -0.39 is 0 Å². The summed E-state index contributed by atoms with van der Waals surface area (Å²) >= 11 is 12.0. The molecule has 0 spiro atoms. The largest absolute Gasteiger partial charge is 0.491 e. The van der Waals surface area contributed by atoms with Crippen molar-refractivity contribution < 1.29 is 14.6 Å². The molecule has 0 saturated heterocycles. The Balaban J connectivity index is 2.09. The lowest BCUT2D eigenvalue weighted by molar-refractivity contribution is 0.102. The molecule has 0 aliphatic heterocycles. The summed E-state index contributed by atoms with van der Waals surface area (Å²) in [6, 6.07) is 11.7. The molecular weight excluding hydrogens is 313 g/mol. The average Bonchev–Trinajstić information content (AvgIpc) is 2.46. The number of hydrogen-bond acceptors (Lipinski definition) is 3. The van der Waals surface area contributed by atoms with Crippen molar-refractivity contribution in [1.82, 2.24) is 0 Å². The molecule has 2 aromatic rings. The van der Waals surface area contributed by atoms with Crippen molar-refractivity contribution in [2.24, 2.45) is 0 Å². The van der Waals surface area contributed by atoms with Gasteiger partial charge in [-0.05, 0) is 36.4 Å². The van der Waals surface area contributed by atoms with E-state index in [0.717, 1.165) is 0 Å². The second-order valence-corrected chi connectivity index (χ2v) is 4.96. The number of halogens is 2. The normalized spacial score (nSPS) is 10.2. The van der Waals surface area contributed by atoms with Crippen molar-refractivity contribution >= 4 is 34.8 Å². The van der Waals surface area contributed by atoms with Gasteiger partial charge in [0.15, 0.2) is 0 Å². The number of hydrogen-bond donors (Lipinski definition) is 2.